The van der Waals surface area contributed by atoms with Crippen LogP contribution in [0.15, 0.2) is 107 Å². The molecule has 4 aromatic rings. The Morgan fingerprint density at radius 3 is 2.48 bits per heavy atom. The van der Waals surface area contributed by atoms with Crippen molar-refractivity contribution < 1.29 is 37.3 Å². The maximum absolute atomic E-state index is 14.4. The minimum absolute atomic E-state index is 0.0177. The molecule has 0 saturated carbocycles. The van der Waals surface area contributed by atoms with E-state index in [1.165, 1.54) is 19.2 Å². The number of halogens is 4. The molecule has 240 valence electrons. The lowest BCUT2D eigenvalue weighted by Gasteiger charge is -2.31. The van der Waals surface area contributed by atoms with Gasteiger partial charge in [0.2, 0.25) is 5.90 Å². The first-order chi connectivity index (χ1) is 22.1. The van der Waals surface area contributed by atoms with Crippen LogP contribution in [0.2, 0.25) is 0 Å². The molecule has 2 atom stereocenters. The standard InChI is InChI=1S/C35H32BrF3N2O5/c1-44-29-11-5-9-25(20-29)31-34(21-26-8-2-3-12-30(26)36,33(43)40-22-23-7-4-10-27(19-23)35(37,38)39)41-32(46-31)24-13-15-28(16-14-24)45-18-6-17-42/h2-5,7-16,19-20,31,42H,6,17-18,21-22H2,1H3,(H,40,43)/t31-,34-/m1/s1. The van der Waals surface area contributed by atoms with Gasteiger partial charge in [0.15, 0.2) is 11.6 Å². The van der Waals surface area contributed by atoms with E-state index in [1.807, 2.05) is 30.3 Å². The highest BCUT2D eigenvalue weighted by Crippen LogP contribution is 2.44. The third-order valence-electron chi connectivity index (χ3n) is 7.55. The largest absolute Gasteiger partial charge is 0.497 e. The number of aliphatic hydroxyl groups is 1. The van der Waals surface area contributed by atoms with Gasteiger partial charge in [0, 0.05) is 36.0 Å². The molecule has 0 bridgehead atoms. The summed E-state index contributed by atoms with van der Waals surface area (Å²) in [7, 11) is 1.54. The Hall–Kier alpha value is -4.35. The van der Waals surface area contributed by atoms with Crippen LogP contribution in [-0.4, -0.2) is 42.8 Å². The number of nitrogens with zero attached hydrogens (tertiary/aromatic N) is 1. The number of aliphatic hydroxyl groups excluding tert-OH is 1. The van der Waals surface area contributed by atoms with Crippen LogP contribution in [0.3, 0.4) is 0 Å². The Morgan fingerprint density at radius 1 is 1.00 bits per heavy atom. The number of amides is 1. The minimum atomic E-state index is -4.52. The van der Waals surface area contributed by atoms with Gasteiger partial charge in [0.1, 0.15) is 11.5 Å². The van der Waals surface area contributed by atoms with Gasteiger partial charge in [-0.3, -0.25) is 4.79 Å². The summed E-state index contributed by atoms with van der Waals surface area (Å²) >= 11 is 3.59. The van der Waals surface area contributed by atoms with Crippen molar-refractivity contribution in [2.45, 2.75) is 37.2 Å². The maximum atomic E-state index is 14.4. The molecule has 0 radical (unpaired) electrons. The number of carbonyl (C=O) groups excluding carboxylic acids is 1. The number of methoxy groups -OCH3 is 1. The van der Waals surface area contributed by atoms with Gasteiger partial charge in [0.05, 0.1) is 19.3 Å². The second-order valence-electron chi connectivity index (χ2n) is 10.7. The molecule has 1 aliphatic heterocycles. The van der Waals surface area contributed by atoms with Gasteiger partial charge in [-0.05, 0) is 71.3 Å². The molecule has 1 aliphatic rings. The highest BCUT2D eigenvalue weighted by Gasteiger charge is 2.53. The van der Waals surface area contributed by atoms with Crippen molar-refractivity contribution in [1.82, 2.24) is 5.32 Å². The summed E-state index contributed by atoms with van der Waals surface area (Å²) in [6, 6.07) is 26.5. The topological polar surface area (TPSA) is 89.4 Å². The molecule has 46 heavy (non-hydrogen) atoms. The molecule has 4 aromatic carbocycles. The zero-order valence-electron chi connectivity index (χ0n) is 24.9. The number of aliphatic imine (C=N–C) groups is 1. The molecule has 2 N–H and O–H groups in total. The second kappa shape index (κ2) is 14.4. The number of nitrogens with one attached hydrogen (secondary N) is 1. The van der Waals surface area contributed by atoms with Crippen molar-refractivity contribution in [1.29, 1.82) is 0 Å². The van der Waals surface area contributed by atoms with E-state index in [-0.39, 0.29) is 31.0 Å². The van der Waals surface area contributed by atoms with E-state index in [2.05, 4.69) is 21.2 Å². The predicted molar refractivity (Wildman–Crippen MR) is 171 cm³/mol. The summed E-state index contributed by atoms with van der Waals surface area (Å²) in [5.74, 6) is 0.847. The fourth-order valence-electron chi connectivity index (χ4n) is 5.21. The Labute approximate surface area is 273 Å². The number of ether oxygens (including phenoxy) is 3. The third-order valence-corrected chi connectivity index (χ3v) is 8.33. The summed E-state index contributed by atoms with van der Waals surface area (Å²) in [4.78, 5) is 19.4. The fourth-order valence-corrected chi connectivity index (χ4v) is 5.64. The SMILES string of the molecule is COc1cccc([C@H]2OC(c3ccc(OCCCO)cc3)=N[C@@]2(Cc2ccccc2Br)C(=O)NCc2cccc(C(F)(F)F)c2)c1. The van der Waals surface area contributed by atoms with E-state index < -0.39 is 29.3 Å². The maximum Gasteiger partial charge on any atom is 0.416 e. The lowest BCUT2D eigenvalue weighted by atomic mass is 9.82. The number of rotatable bonds is 12. The summed E-state index contributed by atoms with van der Waals surface area (Å²) in [6.07, 6.45) is -4.84. The molecule has 0 unspecified atom stereocenters. The molecule has 1 amide bonds. The van der Waals surface area contributed by atoms with E-state index in [1.54, 1.807) is 42.5 Å². The molecule has 0 fully saturated rings. The molecule has 11 heteroatoms. The molecule has 5 rings (SSSR count). The molecule has 0 aliphatic carbocycles. The number of alkyl halides is 3. The molecule has 0 aromatic heterocycles. The normalized spacial score (nSPS) is 17.6. The molecule has 0 saturated heterocycles. The van der Waals surface area contributed by atoms with E-state index in [9.17, 15) is 18.0 Å². The average molecular weight is 698 g/mol. The van der Waals surface area contributed by atoms with Gasteiger partial charge in [-0.25, -0.2) is 4.99 Å². The van der Waals surface area contributed by atoms with Crippen molar-refractivity contribution in [2.24, 2.45) is 4.99 Å². The van der Waals surface area contributed by atoms with Crippen LogP contribution in [-0.2, 0) is 28.7 Å². The zero-order valence-corrected chi connectivity index (χ0v) is 26.5. The van der Waals surface area contributed by atoms with Crippen molar-refractivity contribution in [2.75, 3.05) is 20.3 Å². The van der Waals surface area contributed by atoms with Crippen LogP contribution in [0.4, 0.5) is 13.2 Å². The molecule has 1 heterocycles. The van der Waals surface area contributed by atoms with Crippen LogP contribution >= 0.6 is 15.9 Å². The van der Waals surface area contributed by atoms with Gasteiger partial charge in [-0.15, -0.1) is 0 Å². The Bertz CT molecular complexity index is 1700. The molecule has 0 spiro atoms. The molecule has 7 nitrogen and oxygen atoms in total. The Morgan fingerprint density at radius 2 is 1.76 bits per heavy atom. The predicted octanol–water partition coefficient (Wildman–Crippen LogP) is 7.05. The van der Waals surface area contributed by atoms with Crippen molar-refractivity contribution in [3.63, 3.8) is 0 Å². The summed E-state index contributed by atoms with van der Waals surface area (Å²) in [6.45, 7) is 0.214. The van der Waals surface area contributed by atoms with Gasteiger partial charge in [0.25, 0.3) is 5.91 Å². The first kappa shape index (κ1) is 33.0. The van der Waals surface area contributed by atoms with Crippen LogP contribution < -0.4 is 14.8 Å². The zero-order chi connectivity index (χ0) is 32.7. The highest BCUT2D eigenvalue weighted by molar-refractivity contribution is 9.10. The quantitative estimate of drug-likeness (QED) is 0.155. The number of carbonyl (C=O) groups is 1. The van der Waals surface area contributed by atoms with E-state index >= 15 is 0 Å². The summed E-state index contributed by atoms with van der Waals surface area (Å²) in [5.41, 5.74) is -0.0678. The van der Waals surface area contributed by atoms with Crippen molar-refractivity contribution in [3.8, 4) is 11.5 Å². The molecular formula is C35H32BrF3N2O5. The van der Waals surface area contributed by atoms with Gasteiger partial charge in [-0.2, -0.15) is 13.2 Å². The van der Waals surface area contributed by atoms with Gasteiger partial charge >= 0.3 is 6.18 Å². The first-order valence-electron chi connectivity index (χ1n) is 14.6. The smallest absolute Gasteiger partial charge is 0.416 e. The van der Waals surface area contributed by atoms with Crippen molar-refractivity contribution in [3.05, 3.63) is 129 Å². The van der Waals surface area contributed by atoms with E-state index in [4.69, 9.17) is 24.3 Å². The number of benzene rings is 4. The number of hydrogen-bond donors (Lipinski definition) is 2. The number of hydrogen-bond acceptors (Lipinski definition) is 6. The molecular weight excluding hydrogens is 665 g/mol. The van der Waals surface area contributed by atoms with Crippen LogP contribution in [0.1, 0.15) is 40.3 Å². The second-order valence-corrected chi connectivity index (χ2v) is 11.6. The van der Waals surface area contributed by atoms with Crippen LogP contribution in [0.5, 0.6) is 11.5 Å². The van der Waals surface area contributed by atoms with Gasteiger partial charge in [-0.1, -0.05) is 58.4 Å². The third kappa shape index (κ3) is 7.54. The highest BCUT2D eigenvalue weighted by atomic mass is 79.9. The fraction of sp³-hybridized carbons (Fsp3) is 0.257. The van der Waals surface area contributed by atoms with Crippen LogP contribution in [0.25, 0.3) is 0 Å². The lowest BCUT2D eigenvalue weighted by Crippen LogP contribution is -2.49. The van der Waals surface area contributed by atoms with Crippen LogP contribution in [0, 0.1) is 0 Å². The monoisotopic (exact) mass is 696 g/mol. The summed E-state index contributed by atoms with van der Waals surface area (Å²) in [5, 5.41) is 11.9. The van der Waals surface area contributed by atoms with E-state index in [0.29, 0.717) is 35.7 Å². The lowest BCUT2D eigenvalue weighted by molar-refractivity contribution is -0.137. The van der Waals surface area contributed by atoms with Gasteiger partial charge < -0.3 is 24.6 Å². The average Bonchev–Trinajstić information content (AvgIpc) is 3.45. The van der Waals surface area contributed by atoms with E-state index in [0.717, 1.165) is 22.2 Å². The minimum Gasteiger partial charge on any atom is -0.497 e. The first-order valence-corrected chi connectivity index (χ1v) is 15.3. The Balaban J connectivity index is 1.57. The van der Waals surface area contributed by atoms with Crippen molar-refractivity contribution >= 4 is 27.7 Å². The summed E-state index contributed by atoms with van der Waals surface area (Å²) < 4.78 is 58.6. The Kier molecular flexibility index (Phi) is 10.3.